The Hall–Kier alpha value is -3.48. The molecule has 0 saturated heterocycles. The molecule has 0 spiro atoms. The number of rotatable bonds is 18. The van der Waals surface area contributed by atoms with Gasteiger partial charge in [-0.15, -0.1) is 11.8 Å². The number of carboxylic acids is 1. The van der Waals surface area contributed by atoms with Crippen LogP contribution in [0.15, 0.2) is 60.8 Å². The quantitative estimate of drug-likeness (QED) is 0.0834. The van der Waals surface area contributed by atoms with Crippen LogP contribution in [0.3, 0.4) is 0 Å². The lowest BCUT2D eigenvalue weighted by molar-refractivity contribution is -0.143. The summed E-state index contributed by atoms with van der Waals surface area (Å²) < 4.78 is 36.8. The number of carbonyl (C=O) groups is 3. The Bertz CT molecular complexity index is 1510. The second-order valence-corrected chi connectivity index (χ2v) is 17.3. The highest BCUT2D eigenvalue weighted by Gasteiger charge is 2.37. The summed E-state index contributed by atoms with van der Waals surface area (Å²) in [7, 11) is -0.491. The Kier molecular flexibility index (Phi) is 14.9. The third kappa shape index (κ3) is 11.9. The molecule has 3 rings (SSSR count). The predicted molar refractivity (Wildman–Crippen MR) is 189 cm³/mol. The maximum Gasteiger partial charge on any atom is 0.321 e. The van der Waals surface area contributed by atoms with Crippen LogP contribution < -0.4 is 5.73 Å². The summed E-state index contributed by atoms with van der Waals surface area (Å²) >= 11 is 1.15. The number of ether oxygens (including phenoxy) is 1. The maximum atomic E-state index is 15.1. The van der Waals surface area contributed by atoms with Crippen molar-refractivity contribution in [2.75, 3.05) is 24.7 Å². The SMILES string of the molecule is C[Si](C)CCOC(=O)CCCCN(C(=O)CSC[C@H](N)C(=O)O)[C@@H](c1cc(-c2cc(F)ccc2F)cn1Cc1ccccc1)C(C)(C)C. The van der Waals surface area contributed by atoms with Crippen molar-refractivity contribution < 1.29 is 33.0 Å². The van der Waals surface area contributed by atoms with E-state index in [0.29, 0.717) is 38.1 Å². The monoisotopic (exact) mass is 700 g/mol. The molecule has 0 aliphatic rings. The third-order valence-corrected chi connectivity index (χ3v) is 10.1. The number of esters is 1. The minimum Gasteiger partial charge on any atom is -0.480 e. The number of benzene rings is 2. The highest BCUT2D eigenvalue weighted by molar-refractivity contribution is 8.00. The summed E-state index contributed by atoms with van der Waals surface area (Å²) in [5.74, 6) is -2.68. The van der Waals surface area contributed by atoms with Gasteiger partial charge in [0.2, 0.25) is 5.91 Å². The molecule has 0 bridgehead atoms. The van der Waals surface area contributed by atoms with Gasteiger partial charge in [-0.3, -0.25) is 14.4 Å². The fourth-order valence-electron chi connectivity index (χ4n) is 5.43. The van der Waals surface area contributed by atoms with Gasteiger partial charge in [0.05, 0.1) is 18.4 Å². The molecule has 1 aromatic heterocycles. The zero-order chi connectivity index (χ0) is 35.4. The average molecular weight is 701 g/mol. The first-order valence-electron chi connectivity index (χ1n) is 16.2. The van der Waals surface area contributed by atoms with Crippen LogP contribution in [-0.4, -0.2) is 71.9 Å². The molecule has 0 fully saturated rings. The van der Waals surface area contributed by atoms with E-state index < -0.39 is 43.9 Å². The fraction of sp³-hybridized carbons (Fsp3) is 0.472. The molecule has 12 heteroatoms. The van der Waals surface area contributed by atoms with Gasteiger partial charge in [0.15, 0.2) is 0 Å². The smallest absolute Gasteiger partial charge is 0.321 e. The van der Waals surface area contributed by atoms with Crippen molar-refractivity contribution in [1.82, 2.24) is 9.47 Å². The number of thioether (sulfide) groups is 1. The summed E-state index contributed by atoms with van der Waals surface area (Å²) in [5, 5.41) is 9.23. The van der Waals surface area contributed by atoms with Crippen molar-refractivity contribution in [1.29, 1.82) is 0 Å². The molecule has 48 heavy (non-hydrogen) atoms. The molecule has 1 heterocycles. The van der Waals surface area contributed by atoms with Crippen molar-refractivity contribution in [2.24, 2.45) is 11.1 Å². The average Bonchev–Trinajstić information content (AvgIpc) is 3.41. The molecule has 261 valence electrons. The largest absolute Gasteiger partial charge is 0.480 e. The Morgan fingerprint density at radius 2 is 1.77 bits per heavy atom. The number of aromatic nitrogens is 1. The van der Waals surface area contributed by atoms with E-state index in [4.69, 9.17) is 10.5 Å². The number of carbonyl (C=O) groups excluding carboxylic acids is 2. The van der Waals surface area contributed by atoms with Crippen molar-refractivity contribution in [3.8, 4) is 11.1 Å². The van der Waals surface area contributed by atoms with Crippen molar-refractivity contribution in [3.05, 3.63) is 83.7 Å². The molecule has 3 N–H and O–H groups in total. The lowest BCUT2D eigenvalue weighted by atomic mass is 9.83. The number of hydrogen-bond donors (Lipinski definition) is 2. The normalized spacial score (nSPS) is 12.9. The van der Waals surface area contributed by atoms with Gasteiger partial charge in [-0.1, -0.05) is 64.2 Å². The van der Waals surface area contributed by atoms with E-state index in [1.807, 2.05) is 61.7 Å². The molecule has 0 saturated carbocycles. The van der Waals surface area contributed by atoms with Crippen LogP contribution in [-0.2, 0) is 25.7 Å². The molecule has 3 aromatic rings. The lowest BCUT2D eigenvalue weighted by Crippen LogP contribution is -2.44. The molecule has 0 aliphatic heterocycles. The minimum absolute atomic E-state index is 0.00156. The summed E-state index contributed by atoms with van der Waals surface area (Å²) in [4.78, 5) is 39.5. The second-order valence-electron chi connectivity index (χ2n) is 13.3. The highest BCUT2D eigenvalue weighted by atomic mass is 32.2. The fourth-order valence-corrected chi connectivity index (χ4v) is 6.79. The van der Waals surface area contributed by atoms with Gasteiger partial charge < -0.3 is 25.0 Å². The topological polar surface area (TPSA) is 115 Å². The van der Waals surface area contributed by atoms with E-state index >= 15 is 4.39 Å². The van der Waals surface area contributed by atoms with E-state index in [9.17, 15) is 23.9 Å². The predicted octanol–water partition coefficient (Wildman–Crippen LogP) is 7.01. The number of halogens is 2. The Labute approximate surface area is 288 Å². The van der Waals surface area contributed by atoms with E-state index in [0.717, 1.165) is 41.2 Å². The maximum absolute atomic E-state index is 15.1. The summed E-state index contributed by atoms with van der Waals surface area (Å²) in [6.07, 6.45) is 3.05. The van der Waals surface area contributed by atoms with Gasteiger partial charge in [-0.25, -0.2) is 8.78 Å². The number of carboxylic acid groups (broad SMARTS) is 1. The Morgan fingerprint density at radius 1 is 1.06 bits per heavy atom. The molecule has 1 radical (unpaired) electrons. The van der Waals surface area contributed by atoms with E-state index in [-0.39, 0.29) is 35.4 Å². The molecule has 0 unspecified atom stereocenters. The number of amides is 1. The van der Waals surface area contributed by atoms with Crippen LogP contribution in [0.1, 0.15) is 57.3 Å². The molecule has 0 aliphatic carbocycles. The second kappa shape index (κ2) is 18.3. The van der Waals surface area contributed by atoms with E-state index in [1.165, 1.54) is 6.07 Å². The van der Waals surface area contributed by atoms with E-state index in [2.05, 4.69) is 13.1 Å². The first-order chi connectivity index (χ1) is 22.7. The van der Waals surface area contributed by atoms with Gasteiger partial charge in [-0.05, 0) is 54.1 Å². The zero-order valence-corrected chi connectivity index (χ0v) is 30.3. The van der Waals surface area contributed by atoms with Gasteiger partial charge in [-0.2, -0.15) is 0 Å². The van der Waals surface area contributed by atoms with Crippen molar-refractivity contribution >= 4 is 38.4 Å². The summed E-state index contributed by atoms with van der Waals surface area (Å²) in [6, 6.07) is 14.2. The van der Waals surface area contributed by atoms with Crippen LogP contribution in [0.2, 0.25) is 19.1 Å². The van der Waals surface area contributed by atoms with Gasteiger partial charge >= 0.3 is 11.9 Å². The number of unbranched alkanes of at least 4 members (excludes halogenated alkanes) is 1. The van der Waals surface area contributed by atoms with Gasteiger partial charge in [0.25, 0.3) is 0 Å². The lowest BCUT2D eigenvalue weighted by Gasteiger charge is -2.41. The first kappa shape index (κ1) is 39.0. The number of nitrogens with two attached hydrogens (primary N) is 1. The van der Waals surface area contributed by atoms with Crippen molar-refractivity contribution in [2.45, 2.75) is 77.8 Å². The third-order valence-electron chi connectivity index (χ3n) is 7.83. The number of hydrogen-bond acceptors (Lipinski definition) is 6. The number of nitrogens with zero attached hydrogens (tertiary/aromatic N) is 2. The Balaban J connectivity index is 2.00. The van der Waals surface area contributed by atoms with Crippen LogP contribution in [0.25, 0.3) is 11.1 Å². The first-order valence-corrected chi connectivity index (χ1v) is 20.0. The summed E-state index contributed by atoms with van der Waals surface area (Å²) in [6.45, 7) is 11.5. The standard InChI is InChI=1S/C36H48F2N3O5SSi/c1-36(2,3)34(31-19-26(28-20-27(37)14-15-29(28)38)22-40(31)21-25-11-7-6-8-12-25)41(32(42)24-47-23-30(39)35(44)45)16-10-9-13-33(43)46-17-18-48(4)5/h6-8,11-12,14-15,19-20,22,30,34H,9-10,13,16-18,21,23-24,39H2,1-5H3,(H,44,45)/t30-,34-/m0/s1. The van der Waals surface area contributed by atoms with Crippen LogP contribution in [0.5, 0.6) is 0 Å². The molecule has 2 atom stereocenters. The van der Waals surface area contributed by atoms with Crippen LogP contribution >= 0.6 is 11.8 Å². The number of aliphatic carboxylic acids is 1. The van der Waals surface area contributed by atoms with Crippen LogP contribution in [0.4, 0.5) is 8.78 Å². The van der Waals surface area contributed by atoms with Crippen molar-refractivity contribution in [3.63, 3.8) is 0 Å². The van der Waals surface area contributed by atoms with E-state index in [1.54, 1.807) is 11.1 Å². The Morgan fingerprint density at radius 3 is 2.42 bits per heavy atom. The molecule has 8 nitrogen and oxygen atoms in total. The molecule has 1 amide bonds. The van der Waals surface area contributed by atoms with Crippen LogP contribution in [0, 0.1) is 17.0 Å². The zero-order valence-electron chi connectivity index (χ0n) is 28.5. The minimum atomic E-state index is -1.14. The van der Waals surface area contributed by atoms with Gasteiger partial charge in [0.1, 0.15) is 17.7 Å². The molecular formula is C36H48F2N3O5SSi. The summed E-state index contributed by atoms with van der Waals surface area (Å²) in [5.41, 5.74) is 7.50. The highest BCUT2D eigenvalue weighted by Crippen LogP contribution is 2.41. The van der Waals surface area contributed by atoms with Gasteiger partial charge in [0, 0.05) is 57.1 Å². The molecule has 2 aromatic carbocycles. The molecular weight excluding hydrogens is 653 g/mol.